The number of anilines is 1. The molecule has 4 heteroatoms. The van der Waals surface area contributed by atoms with E-state index in [9.17, 15) is 4.79 Å². The fraction of sp³-hybridized carbons (Fsp3) is 0.214. The van der Waals surface area contributed by atoms with E-state index in [-0.39, 0.29) is 5.91 Å². The highest BCUT2D eigenvalue weighted by molar-refractivity contribution is 9.10. The first-order chi connectivity index (χ1) is 8.47. The smallest absolute Gasteiger partial charge is 0.265 e. The summed E-state index contributed by atoms with van der Waals surface area (Å²) >= 11 is 4.97. The molecule has 18 heavy (non-hydrogen) atoms. The number of benzene rings is 1. The topological polar surface area (TPSA) is 29.1 Å². The Morgan fingerprint density at radius 3 is 2.44 bits per heavy atom. The van der Waals surface area contributed by atoms with Crippen LogP contribution in [0.2, 0.25) is 0 Å². The highest BCUT2D eigenvalue weighted by Crippen LogP contribution is 2.23. The second kappa shape index (κ2) is 5.24. The Bertz CT molecular complexity index is 584. The van der Waals surface area contributed by atoms with E-state index >= 15 is 0 Å². The maximum atomic E-state index is 12.1. The van der Waals surface area contributed by atoms with Gasteiger partial charge in [0.05, 0.1) is 4.88 Å². The third-order valence-electron chi connectivity index (χ3n) is 2.81. The summed E-state index contributed by atoms with van der Waals surface area (Å²) in [6.07, 6.45) is 0. The first-order valence-corrected chi connectivity index (χ1v) is 7.23. The molecule has 0 saturated carbocycles. The van der Waals surface area contributed by atoms with Gasteiger partial charge in [-0.15, -0.1) is 11.3 Å². The van der Waals surface area contributed by atoms with Gasteiger partial charge in [-0.3, -0.25) is 4.79 Å². The summed E-state index contributed by atoms with van der Waals surface area (Å²) in [7, 11) is 0. The molecule has 94 valence electrons. The summed E-state index contributed by atoms with van der Waals surface area (Å²) in [6.45, 7) is 6.05. The molecule has 0 aliphatic rings. The van der Waals surface area contributed by atoms with Crippen molar-refractivity contribution >= 4 is 38.9 Å². The third kappa shape index (κ3) is 2.82. The molecule has 0 radical (unpaired) electrons. The van der Waals surface area contributed by atoms with Crippen LogP contribution in [0.1, 0.15) is 25.7 Å². The van der Waals surface area contributed by atoms with Crippen molar-refractivity contribution in [1.29, 1.82) is 0 Å². The molecule has 2 nitrogen and oxygen atoms in total. The number of thiophene rings is 1. The highest BCUT2D eigenvalue weighted by atomic mass is 79.9. The van der Waals surface area contributed by atoms with Crippen LogP contribution in [0.5, 0.6) is 0 Å². The lowest BCUT2D eigenvalue weighted by Gasteiger charge is -2.05. The number of carbonyl (C=O) groups excluding carboxylic acids is 1. The van der Waals surface area contributed by atoms with E-state index in [0.29, 0.717) is 0 Å². The fourth-order valence-electron chi connectivity index (χ4n) is 1.60. The average molecular weight is 324 g/mol. The molecule has 0 aliphatic carbocycles. The molecule has 1 N–H and O–H groups in total. The Hall–Kier alpha value is -1.13. The fourth-order valence-corrected chi connectivity index (χ4v) is 2.78. The van der Waals surface area contributed by atoms with E-state index in [0.717, 1.165) is 26.2 Å². The van der Waals surface area contributed by atoms with Crippen LogP contribution >= 0.6 is 27.3 Å². The van der Waals surface area contributed by atoms with Crippen molar-refractivity contribution in [2.45, 2.75) is 20.8 Å². The Morgan fingerprint density at radius 2 is 1.89 bits per heavy atom. The predicted octanol–water partition coefficient (Wildman–Crippen LogP) is 4.69. The summed E-state index contributed by atoms with van der Waals surface area (Å²) in [5, 5.41) is 2.92. The van der Waals surface area contributed by atoms with Crippen molar-refractivity contribution in [3.8, 4) is 0 Å². The van der Waals surface area contributed by atoms with Crippen LogP contribution in [-0.2, 0) is 0 Å². The molecular formula is C14H14BrNOS. The zero-order valence-corrected chi connectivity index (χ0v) is 12.9. The lowest BCUT2D eigenvalue weighted by atomic mass is 10.2. The van der Waals surface area contributed by atoms with E-state index in [1.165, 1.54) is 16.2 Å². The Kier molecular flexibility index (Phi) is 3.88. The minimum atomic E-state index is -0.0436. The molecule has 1 amide bonds. The zero-order chi connectivity index (χ0) is 13.3. The van der Waals surface area contributed by atoms with Crippen molar-refractivity contribution < 1.29 is 4.79 Å². The molecule has 0 saturated heterocycles. The number of halogens is 1. The van der Waals surface area contributed by atoms with E-state index in [4.69, 9.17) is 0 Å². The lowest BCUT2D eigenvalue weighted by Crippen LogP contribution is -2.10. The minimum Gasteiger partial charge on any atom is -0.321 e. The van der Waals surface area contributed by atoms with E-state index in [1.54, 1.807) is 0 Å². The lowest BCUT2D eigenvalue weighted by molar-refractivity contribution is 0.103. The van der Waals surface area contributed by atoms with Gasteiger partial charge in [0.15, 0.2) is 0 Å². The molecule has 2 rings (SSSR count). The molecule has 0 atom stereocenters. The summed E-state index contributed by atoms with van der Waals surface area (Å²) in [5.74, 6) is -0.0436. The molecule has 1 heterocycles. The van der Waals surface area contributed by atoms with Gasteiger partial charge >= 0.3 is 0 Å². The summed E-state index contributed by atoms with van der Waals surface area (Å²) in [6, 6.07) is 7.72. The Morgan fingerprint density at radius 1 is 1.17 bits per heavy atom. The van der Waals surface area contributed by atoms with Gasteiger partial charge in [-0.25, -0.2) is 0 Å². The second-order valence-corrected chi connectivity index (χ2v) is 6.38. The SMILES string of the molecule is Cc1cc(NC(=O)c2cc(C)c(C)s2)ccc1Br. The van der Waals surface area contributed by atoms with Crippen molar-refractivity contribution in [2.75, 3.05) is 5.32 Å². The van der Waals surface area contributed by atoms with E-state index < -0.39 is 0 Å². The van der Waals surface area contributed by atoms with Crippen LogP contribution < -0.4 is 5.32 Å². The first kappa shape index (κ1) is 13.3. The van der Waals surface area contributed by atoms with Crippen LogP contribution in [0.4, 0.5) is 5.69 Å². The summed E-state index contributed by atoms with van der Waals surface area (Å²) in [4.78, 5) is 14.0. The molecule has 0 fully saturated rings. The van der Waals surface area contributed by atoms with Crippen molar-refractivity contribution in [2.24, 2.45) is 0 Å². The molecule has 0 spiro atoms. The van der Waals surface area contributed by atoms with Gasteiger partial charge in [0.25, 0.3) is 5.91 Å². The number of nitrogens with one attached hydrogen (secondary N) is 1. The Labute approximate surface area is 119 Å². The van der Waals surface area contributed by atoms with E-state index in [2.05, 4.69) is 21.2 Å². The van der Waals surface area contributed by atoms with Gasteiger partial charge in [-0.1, -0.05) is 15.9 Å². The second-order valence-electron chi connectivity index (χ2n) is 4.27. The van der Waals surface area contributed by atoms with Crippen molar-refractivity contribution in [1.82, 2.24) is 0 Å². The number of rotatable bonds is 2. The van der Waals surface area contributed by atoms with Crippen LogP contribution in [-0.4, -0.2) is 5.91 Å². The predicted molar refractivity (Wildman–Crippen MR) is 80.6 cm³/mol. The maximum Gasteiger partial charge on any atom is 0.265 e. The zero-order valence-electron chi connectivity index (χ0n) is 10.5. The van der Waals surface area contributed by atoms with Gasteiger partial charge in [0.1, 0.15) is 0 Å². The number of carbonyl (C=O) groups is 1. The van der Waals surface area contributed by atoms with Gasteiger partial charge in [-0.05, 0) is 56.2 Å². The number of aryl methyl sites for hydroxylation is 3. The molecule has 0 bridgehead atoms. The normalized spacial score (nSPS) is 10.4. The third-order valence-corrected chi connectivity index (χ3v) is 4.85. The van der Waals surface area contributed by atoms with Crippen molar-refractivity contribution in [3.05, 3.63) is 49.6 Å². The van der Waals surface area contributed by atoms with Gasteiger partial charge in [0, 0.05) is 15.0 Å². The molecule has 0 aliphatic heterocycles. The standard InChI is InChI=1S/C14H14BrNOS/c1-8-7-13(18-10(8)3)14(17)16-11-4-5-12(15)9(2)6-11/h4-7H,1-3H3,(H,16,17). The highest BCUT2D eigenvalue weighted by Gasteiger charge is 2.10. The number of hydrogen-bond donors (Lipinski definition) is 1. The summed E-state index contributed by atoms with van der Waals surface area (Å²) < 4.78 is 1.04. The molecule has 2 aromatic rings. The van der Waals surface area contributed by atoms with Crippen molar-refractivity contribution in [3.63, 3.8) is 0 Å². The molecule has 1 aromatic heterocycles. The largest absolute Gasteiger partial charge is 0.321 e. The van der Waals surface area contributed by atoms with Crippen LogP contribution in [0.3, 0.4) is 0 Å². The van der Waals surface area contributed by atoms with Crippen LogP contribution in [0.15, 0.2) is 28.7 Å². The van der Waals surface area contributed by atoms with Gasteiger partial charge < -0.3 is 5.32 Å². The minimum absolute atomic E-state index is 0.0436. The molecular weight excluding hydrogens is 310 g/mol. The van der Waals surface area contributed by atoms with E-state index in [1.807, 2.05) is 45.0 Å². The number of hydrogen-bond acceptors (Lipinski definition) is 2. The molecule has 0 unspecified atom stereocenters. The summed E-state index contributed by atoms with van der Waals surface area (Å²) in [5.41, 5.74) is 3.09. The monoisotopic (exact) mass is 323 g/mol. The Balaban J connectivity index is 2.18. The van der Waals surface area contributed by atoms with Crippen LogP contribution in [0, 0.1) is 20.8 Å². The molecule has 1 aromatic carbocycles. The number of amides is 1. The van der Waals surface area contributed by atoms with Crippen LogP contribution in [0.25, 0.3) is 0 Å². The first-order valence-electron chi connectivity index (χ1n) is 5.62. The average Bonchev–Trinajstić information content (AvgIpc) is 2.65. The maximum absolute atomic E-state index is 12.1. The van der Waals surface area contributed by atoms with Gasteiger partial charge in [-0.2, -0.15) is 0 Å². The van der Waals surface area contributed by atoms with Gasteiger partial charge in [0.2, 0.25) is 0 Å². The quantitative estimate of drug-likeness (QED) is 0.853.